The van der Waals surface area contributed by atoms with Crippen LogP contribution in [0.25, 0.3) is 0 Å². The molecule has 7 nitrogen and oxygen atoms in total. The van der Waals surface area contributed by atoms with Crippen molar-refractivity contribution < 1.29 is 33.7 Å². The molecule has 0 spiro atoms. The smallest absolute Gasteiger partial charge is 0.342 e. The number of aromatic hydroxyl groups is 1. The Kier molecular flexibility index (Phi) is 3.87. The van der Waals surface area contributed by atoms with Crippen LogP contribution in [-0.4, -0.2) is 47.6 Å². The third kappa shape index (κ3) is 2.26. The van der Waals surface area contributed by atoms with Crippen molar-refractivity contribution in [3.63, 3.8) is 0 Å². The van der Waals surface area contributed by atoms with Gasteiger partial charge in [0.25, 0.3) is 0 Å². The van der Waals surface area contributed by atoms with Crippen molar-refractivity contribution >= 4 is 17.5 Å². The molecule has 25 heavy (non-hydrogen) atoms. The van der Waals surface area contributed by atoms with E-state index in [1.165, 1.54) is 20.1 Å². The maximum Gasteiger partial charge on any atom is 0.342 e. The fourth-order valence-corrected chi connectivity index (χ4v) is 3.44. The summed E-state index contributed by atoms with van der Waals surface area (Å²) in [5.74, 6) is -2.74. The number of ketones is 2. The van der Waals surface area contributed by atoms with Crippen LogP contribution >= 0.6 is 0 Å². The summed E-state index contributed by atoms with van der Waals surface area (Å²) < 4.78 is 16.9. The van der Waals surface area contributed by atoms with E-state index in [0.29, 0.717) is 11.1 Å². The molecule has 1 fully saturated rings. The van der Waals surface area contributed by atoms with Crippen LogP contribution in [0.2, 0.25) is 0 Å². The third-order valence-electron chi connectivity index (χ3n) is 5.24. The zero-order valence-corrected chi connectivity index (χ0v) is 14.7. The van der Waals surface area contributed by atoms with Crippen molar-refractivity contribution in [3.8, 4) is 11.5 Å². The van der Waals surface area contributed by atoms with Crippen LogP contribution in [-0.2, 0) is 19.1 Å². The molecule has 0 amide bonds. The number of hydrogen-bond acceptors (Lipinski definition) is 7. The van der Waals surface area contributed by atoms with Crippen molar-refractivity contribution in [2.45, 2.75) is 45.5 Å². The molecule has 4 atom stereocenters. The Morgan fingerprint density at radius 3 is 2.44 bits per heavy atom. The highest BCUT2D eigenvalue weighted by atomic mass is 16.6. The molecule has 4 unspecified atom stereocenters. The molecule has 2 aliphatic rings. The van der Waals surface area contributed by atoms with Crippen molar-refractivity contribution in [2.24, 2.45) is 5.92 Å². The topological polar surface area (TPSA) is 99.1 Å². The number of phenolic OH excluding ortho intramolecular Hbond substituents is 1. The van der Waals surface area contributed by atoms with Crippen LogP contribution in [0.5, 0.6) is 11.5 Å². The number of carbonyl (C=O) groups is 3. The molecule has 1 aromatic carbocycles. The van der Waals surface area contributed by atoms with Gasteiger partial charge >= 0.3 is 5.97 Å². The summed E-state index contributed by atoms with van der Waals surface area (Å²) >= 11 is 0. The van der Waals surface area contributed by atoms with Gasteiger partial charge in [0.2, 0.25) is 11.6 Å². The van der Waals surface area contributed by atoms with Crippen LogP contribution in [0, 0.1) is 19.8 Å². The van der Waals surface area contributed by atoms with Crippen LogP contribution in [0.4, 0.5) is 0 Å². The van der Waals surface area contributed by atoms with E-state index in [4.69, 9.17) is 14.2 Å². The van der Waals surface area contributed by atoms with Gasteiger partial charge < -0.3 is 19.3 Å². The average molecular weight is 348 g/mol. The summed E-state index contributed by atoms with van der Waals surface area (Å²) in [6, 6.07) is 1.45. The van der Waals surface area contributed by atoms with Gasteiger partial charge in [0, 0.05) is 12.7 Å². The molecular formula is C18H20O7. The summed E-state index contributed by atoms with van der Waals surface area (Å²) in [4.78, 5) is 37.5. The number of rotatable bonds is 1. The SMILES string of the molecule is COC1(C)C(=O)C(=O)C(C)C2Oc3c(C)c(O)cc(C)c3C(=O)OC21. The zero-order valence-electron chi connectivity index (χ0n) is 14.7. The number of ether oxygens (including phenoxy) is 3. The Labute approximate surface area is 144 Å². The van der Waals surface area contributed by atoms with Crippen molar-refractivity contribution in [3.05, 3.63) is 22.8 Å². The van der Waals surface area contributed by atoms with E-state index < -0.39 is 41.3 Å². The molecule has 0 bridgehead atoms. The Morgan fingerprint density at radius 2 is 1.84 bits per heavy atom. The van der Waals surface area contributed by atoms with Gasteiger partial charge in [0.05, 0.1) is 5.92 Å². The van der Waals surface area contributed by atoms with E-state index in [2.05, 4.69) is 0 Å². The first-order valence-electron chi connectivity index (χ1n) is 7.98. The number of benzene rings is 1. The molecule has 1 aliphatic heterocycles. The van der Waals surface area contributed by atoms with Gasteiger partial charge in [-0.25, -0.2) is 4.79 Å². The minimum Gasteiger partial charge on any atom is -0.508 e. The maximum absolute atomic E-state index is 12.7. The van der Waals surface area contributed by atoms with E-state index in [-0.39, 0.29) is 17.1 Å². The molecule has 134 valence electrons. The number of methoxy groups -OCH3 is 1. The highest BCUT2D eigenvalue weighted by Crippen LogP contribution is 2.42. The Morgan fingerprint density at radius 1 is 1.20 bits per heavy atom. The van der Waals surface area contributed by atoms with Crippen LogP contribution in [0.3, 0.4) is 0 Å². The second-order valence-corrected chi connectivity index (χ2v) is 6.74. The number of aryl methyl sites for hydroxylation is 1. The van der Waals surface area contributed by atoms with Gasteiger partial charge in [-0.2, -0.15) is 0 Å². The maximum atomic E-state index is 12.7. The predicted molar refractivity (Wildman–Crippen MR) is 85.8 cm³/mol. The van der Waals surface area contributed by atoms with Gasteiger partial charge in [-0.1, -0.05) is 6.92 Å². The molecule has 3 rings (SSSR count). The molecule has 1 saturated carbocycles. The summed E-state index contributed by atoms with van der Waals surface area (Å²) in [6.07, 6.45) is -1.99. The van der Waals surface area contributed by atoms with Gasteiger partial charge in [-0.15, -0.1) is 0 Å². The minimum atomic E-state index is -1.63. The summed E-state index contributed by atoms with van der Waals surface area (Å²) in [5, 5.41) is 10.1. The standard InChI is InChI=1S/C18H20O7/c1-7-6-10(19)8(2)13-11(7)17(22)25-16-14(24-13)9(3)12(20)15(21)18(16,4)23-5/h6,9,14,16,19H,1-5H3. The molecule has 0 radical (unpaired) electrons. The quantitative estimate of drug-likeness (QED) is 0.606. The van der Waals surface area contributed by atoms with Gasteiger partial charge in [-0.05, 0) is 32.4 Å². The number of carbonyl (C=O) groups excluding carboxylic acids is 3. The largest absolute Gasteiger partial charge is 0.508 e. The van der Waals surface area contributed by atoms with Crippen molar-refractivity contribution in [1.82, 2.24) is 0 Å². The highest BCUT2D eigenvalue weighted by molar-refractivity contribution is 6.42. The third-order valence-corrected chi connectivity index (χ3v) is 5.24. The molecule has 1 heterocycles. The summed E-state index contributed by atoms with van der Waals surface area (Å²) in [6.45, 7) is 6.22. The number of hydrogen-bond donors (Lipinski definition) is 1. The first kappa shape index (κ1) is 17.4. The van der Waals surface area contributed by atoms with E-state index >= 15 is 0 Å². The normalized spacial score (nSPS) is 31.6. The fraction of sp³-hybridized carbons (Fsp3) is 0.500. The van der Waals surface area contributed by atoms with Crippen LogP contribution in [0.15, 0.2) is 6.07 Å². The zero-order chi connectivity index (χ0) is 18.7. The highest BCUT2D eigenvalue weighted by Gasteiger charge is 2.60. The lowest BCUT2D eigenvalue weighted by Gasteiger charge is -2.42. The summed E-state index contributed by atoms with van der Waals surface area (Å²) in [5.41, 5.74) is -0.606. The van der Waals surface area contributed by atoms with Gasteiger partial charge in [0.15, 0.2) is 11.7 Å². The van der Waals surface area contributed by atoms with E-state index in [0.717, 1.165) is 0 Å². The Balaban J connectivity index is 2.21. The van der Waals surface area contributed by atoms with Crippen molar-refractivity contribution in [1.29, 1.82) is 0 Å². The Bertz CT molecular complexity index is 797. The first-order valence-corrected chi connectivity index (χ1v) is 7.98. The lowest BCUT2D eigenvalue weighted by Crippen LogP contribution is -2.66. The monoisotopic (exact) mass is 348 g/mol. The second-order valence-electron chi connectivity index (χ2n) is 6.74. The van der Waals surface area contributed by atoms with Crippen LogP contribution < -0.4 is 4.74 Å². The van der Waals surface area contributed by atoms with E-state index in [1.54, 1.807) is 20.8 Å². The minimum absolute atomic E-state index is 0.0251. The van der Waals surface area contributed by atoms with Crippen LogP contribution in [0.1, 0.15) is 35.3 Å². The second kappa shape index (κ2) is 5.56. The van der Waals surface area contributed by atoms with Crippen molar-refractivity contribution in [2.75, 3.05) is 7.11 Å². The Hall–Kier alpha value is -2.41. The number of phenols is 1. The summed E-state index contributed by atoms with van der Waals surface area (Å²) in [7, 11) is 1.28. The molecule has 7 heteroatoms. The molecule has 0 saturated heterocycles. The molecule has 1 N–H and O–H groups in total. The van der Waals surface area contributed by atoms with E-state index in [1.807, 2.05) is 0 Å². The lowest BCUT2D eigenvalue weighted by atomic mass is 9.74. The molecule has 1 aliphatic carbocycles. The lowest BCUT2D eigenvalue weighted by molar-refractivity contribution is -0.183. The first-order chi connectivity index (χ1) is 11.6. The molecule has 1 aromatic rings. The fourth-order valence-electron chi connectivity index (χ4n) is 3.44. The number of esters is 1. The number of fused-ring (bicyclic) bond motifs is 2. The average Bonchev–Trinajstić information content (AvgIpc) is 2.73. The number of Topliss-reactive ketones (excluding diaryl/α,β-unsaturated/α-hetero) is 2. The molecular weight excluding hydrogens is 328 g/mol. The predicted octanol–water partition coefficient (Wildman–Crippen LogP) is 1.49. The van der Waals surface area contributed by atoms with Gasteiger partial charge in [0.1, 0.15) is 23.2 Å². The van der Waals surface area contributed by atoms with E-state index in [9.17, 15) is 19.5 Å². The molecule has 0 aromatic heterocycles. The van der Waals surface area contributed by atoms with Gasteiger partial charge in [-0.3, -0.25) is 9.59 Å².